The lowest BCUT2D eigenvalue weighted by Crippen LogP contribution is -2.33. The SMILES string of the molecule is CCCCCCC(C(=O)Oc1ccccc1)S(=O)(=O)O. The van der Waals surface area contributed by atoms with Gasteiger partial charge in [-0.3, -0.25) is 9.35 Å². The Bertz CT molecular complexity index is 510. The maximum absolute atomic E-state index is 11.9. The molecule has 1 unspecified atom stereocenters. The molecule has 1 aromatic carbocycles. The maximum atomic E-state index is 11.9. The number of carbonyl (C=O) groups is 1. The summed E-state index contributed by atoms with van der Waals surface area (Å²) in [4.78, 5) is 11.9. The van der Waals surface area contributed by atoms with Crippen LogP contribution in [0.15, 0.2) is 30.3 Å². The third-order valence-electron chi connectivity index (χ3n) is 2.90. The Labute approximate surface area is 119 Å². The third kappa shape index (κ3) is 5.71. The summed E-state index contributed by atoms with van der Waals surface area (Å²) in [5.74, 6) is -0.671. The lowest BCUT2D eigenvalue weighted by molar-refractivity contribution is -0.134. The largest absolute Gasteiger partial charge is 0.426 e. The molecule has 0 aliphatic rings. The maximum Gasteiger partial charge on any atom is 0.332 e. The van der Waals surface area contributed by atoms with Crippen LogP contribution in [0.3, 0.4) is 0 Å². The summed E-state index contributed by atoms with van der Waals surface area (Å²) in [7, 11) is -4.45. The van der Waals surface area contributed by atoms with Crippen molar-refractivity contribution < 1.29 is 22.5 Å². The highest BCUT2D eigenvalue weighted by molar-refractivity contribution is 7.87. The van der Waals surface area contributed by atoms with Gasteiger partial charge in [0.1, 0.15) is 5.75 Å². The van der Waals surface area contributed by atoms with Gasteiger partial charge in [-0.2, -0.15) is 8.42 Å². The van der Waals surface area contributed by atoms with Gasteiger partial charge < -0.3 is 4.74 Å². The van der Waals surface area contributed by atoms with Crippen molar-refractivity contribution in [3.05, 3.63) is 30.3 Å². The van der Waals surface area contributed by atoms with E-state index in [4.69, 9.17) is 9.29 Å². The highest BCUT2D eigenvalue weighted by atomic mass is 32.2. The van der Waals surface area contributed by atoms with Crippen molar-refractivity contribution >= 4 is 16.1 Å². The number of hydrogen-bond donors (Lipinski definition) is 1. The molecule has 0 fully saturated rings. The second-order valence-electron chi connectivity index (χ2n) is 4.59. The summed E-state index contributed by atoms with van der Waals surface area (Å²) < 4.78 is 36.7. The third-order valence-corrected chi connectivity index (χ3v) is 4.05. The average molecular weight is 300 g/mol. The zero-order valence-corrected chi connectivity index (χ0v) is 12.3. The van der Waals surface area contributed by atoms with Crippen molar-refractivity contribution in [3.8, 4) is 5.75 Å². The predicted octanol–water partition coefficient (Wildman–Crippen LogP) is 2.82. The molecule has 1 N–H and O–H groups in total. The summed E-state index contributed by atoms with van der Waals surface area (Å²) in [5.41, 5.74) is 0. The monoisotopic (exact) mass is 300 g/mol. The number of unbranched alkanes of at least 4 members (excludes halogenated alkanes) is 3. The Morgan fingerprint density at radius 2 is 1.85 bits per heavy atom. The van der Waals surface area contributed by atoms with Crippen LogP contribution in [0.4, 0.5) is 0 Å². The second kappa shape index (κ2) is 8.01. The van der Waals surface area contributed by atoms with Gasteiger partial charge in [-0.05, 0) is 18.6 Å². The highest BCUT2D eigenvalue weighted by Gasteiger charge is 2.32. The minimum Gasteiger partial charge on any atom is -0.426 e. The fraction of sp³-hybridized carbons (Fsp3) is 0.500. The van der Waals surface area contributed by atoms with Crippen LogP contribution in [0, 0.1) is 0 Å². The summed E-state index contributed by atoms with van der Waals surface area (Å²) in [5, 5.41) is -1.51. The van der Waals surface area contributed by atoms with Crippen LogP contribution in [0.2, 0.25) is 0 Å². The van der Waals surface area contributed by atoms with E-state index < -0.39 is 21.3 Å². The number of carbonyl (C=O) groups excluding carboxylic acids is 1. The van der Waals surface area contributed by atoms with Crippen molar-refractivity contribution in [2.45, 2.75) is 44.3 Å². The van der Waals surface area contributed by atoms with E-state index in [1.807, 2.05) is 6.92 Å². The number of para-hydroxylation sites is 1. The topological polar surface area (TPSA) is 80.7 Å². The van der Waals surface area contributed by atoms with E-state index in [-0.39, 0.29) is 12.2 Å². The smallest absolute Gasteiger partial charge is 0.332 e. The molecule has 0 aliphatic heterocycles. The molecule has 20 heavy (non-hydrogen) atoms. The fourth-order valence-electron chi connectivity index (χ4n) is 1.82. The molecule has 1 aromatic rings. The van der Waals surface area contributed by atoms with Crippen LogP contribution in [-0.4, -0.2) is 24.2 Å². The van der Waals surface area contributed by atoms with Gasteiger partial charge in [-0.1, -0.05) is 50.8 Å². The molecule has 0 heterocycles. The molecule has 1 atom stereocenters. The average Bonchev–Trinajstić information content (AvgIpc) is 2.38. The van der Waals surface area contributed by atoms with Crippen LogP contribution >= 0.6 is 0 Å². The lowest BCUT2D eigenvalue weighted by Gasteiger charge is -2.13. The minimum absolute atomic E-state index is 0.0739. The van der Waals surface area contributed by atoms with E-state index in [0.717, 1.165) is 19.3 Å². The second-order valence-corrected chi connectivity index (χ2v) is 6.19. The molecule has 0 radical (unpaired) electrons. The molecule has 6 heteroatoms. The Kier molecular flexibility index (Phi) is 6.67. The van der Waals surface area contributed by atoms with Gasteiger partial charge in [-0.25, -0.2) is 0 Å². The highest BCUT2D eigenvalue weighted by Crippen LogP contribution is 2.16. The first-order chi connectivity index (χ1) is 9.45. The van der Waals surface area contributed by atoms with Crippen molar-refractivity contribution in [2.24, 2.45) is 0 Å². The molecule has 0 bridgehead atoms. The fourth-order valence-corrected chi connectivity index (χ4v) is 2.57. The first-order valence-electron chi connectivity index (χ1n) is 6.68. The molecular weight excluding hydrogens is 280 g/mol. The van der Waals surface area contributed by atoms with Gasteiger partial charge in [0.05, 0.1) is 0 Å². The van der Waals surface area contributed by atoms with Crippen LogP contribution in [0.5, 0.6) is 5.75 Å². The number of benzene rings is 1. The quantitative estimate of drug-likeness (QED) is 0.345. The zero-order chi connectivity index (χ0) is 15.0. The summed E-state index contributed by atoms with van der Waals surface area (Å²) in [6, 6.07) is 8.20. The first-order valence-corrected chi connectivity index (χ1v) is 8.18. The lowest BCUT2D eigenvalue weighted by atomic mass is 10.1. The molecule has 1 rings (SSSR count). The Hall–Kier alpha value is -1.40. The number of ether oxygens (including phenoxy) is 1. The van der Waals surface area contributed by atoms with Crippen molar-refractivity contribution in [3.63, 3.8) is 0 Å². The molecule has 0 amide bonds. The Morgan fingerprint density at radius 3 is 2.40 bits per heavy atom. The normalized spacial score (nSPS) is 12.9. The van der Waals surface area contributed by atoms with Crippen LogP contribution < -0.4 is 4.74 Å². The number of hydrogen-bond acceptors (Lipinski definition) is 4. The summed E-state index contributed by atoms with van der Waals surface area (Å²) in [6.45, 7) is 2.03. The Balaban J connectivity index is 2.66. The van der Waals surface area contributed by atoms with Gasteiger partial charge in [0.25, 0.3) is 10.1 Å². The van der Waals surface area contributed by atoms with Crippen LogP contribution in [0.25, 0.3) is 0 Å². The molecule has 0 spiro atoms. The van der Waals surface area contributed by atoms with E-state index in [1.165, 1.54) is 0 Å². The molecule has 0 saturated carbocycles. The van der Waals surface area contributed by atoms with E-state index in [0.29, 0.717) is 6.42 Å². The molecule has 0 saturated heterocycles. The Morgan fingerprint density at radius 1 is 1.20 bits per heavy atom. The predicted molar refractivity (Wildman–Crippen MR) is 76.2 cm³/mol. The van der Waals surface area contributed by atoms with Gasteiger partial charge in [-0.15, -0.1) is 0 Å². The van der Waals surface area contributed by atoms with E-state index >= 15 is 0 Å². The van der Waals surface area contributed by atoms with Gasteiger partial charge in [0, 0.05) is 0 Å². The van der Waals surface area contributed by atoms with Crippen LogP contribution in [-0.2, 0) is 14.9 Å². The number of esters is 1. The standard InChI is InChI=1S/C14H20O5S/c1-2-3-4-8-11-13(20(16,17)18)14(15)19-12-9-6-5-7-10-12/h5-7,9-10,13H,2-4,8,11H2,1H3,(H,16,17,18). The summed E-state index contributed by atoms with van der Waals surface area (Å²) in [6.07, 6.45) is 3.42. The molecule has 5 nitrogen and oxygen atoms in total. The molecule has 112 valence electrons. The molecule has 0 aliphatic carbocycles. The van der Waals surface area contributed by atoms with Gasteiger partial charge in [0.15, 0.2) is 5.25 Å². The summed E-state index contributed by atoms with van der Waals surface area (Å²) >= 11 is 0. The minimum atomic E-state index is -4.45. The van der Waals surface area contributed by atoms with Crippen molar-refractivity contribution in [2.75, 3.05) is 0 Å². The van der Waals surface area contributed by atoms with E-state index in [1.54, 1.807) is 30.3 Å². The van der Waals surface area contributed by atoms with Crippen molar-refractivity contribution in [1.82, 2.24) is 0 Å². The first kappa shape index (κ1) is 16.7. The van der Waals surface area contributed by atoms with Crippen LogP contribution in [0.1, 0.15) is 39.0 Å². The molecular formula is C14H20O5S. The molecule has 0 aromatic heterocycles. The van der Waals surface area contributed by atoms with Gasteiger partial charge in [0.2, 0.25) is 0 Å². The zero-order valence-electron chi connectivity index (χ0n) is 11.5. The van der Waals surface area contributed by atoms with E-state index in [9.17, 15) is 13.2 Å². The van der Waals surface area contributed by atoms with E-state index in [2.05, 4.69) is 0 Å². The van der Waals surface area contributed by atoms with Gasteiger partial charge >= 0.3 is 5.97 Å². The number of rotatable bonds is 8. The van der Waals surface area contributed by atoms with Crippen molar-refractivity contribution in [1.29, 1.82) is 0 Å².